The number of hydrogen-bond donors (Lipinski definition) is 1. The average Bonchev–Trinajstić information content (AvgIpc) is 2.85. The van der Waals surface area contributed by atoms with Gasteiger partial charge in [-0.3, -0.25) is 14.2 Å². The largest absolute Gasteiger partial charge is 0.493 e. The third kappa shape index (κ3) is 4.92. The Morgan fingerprint density at radius 2 is 1.88 bits per heavy atom. The summed E-state index contributed by atoms with van der Waals surface area (Å²) in [5.41, 5.74) is 0.996. The highest BCUT2D eigenvalue weighted by Crippen LogP contribution is 2.31. The zero-order valence-corrected chi connectivity index (χ0v) is 20.9. The van der Waals surface area contributed by atoms with E-state index in [1.165, 1.54) is 22.7 Å². The van der Waals surface area contributed by atoms with Gasteiger partial charge in [0.2, 0.25) is 5.91 Å². The summed E-state index contributed by atoms with van der Waals surface area (Å²) in [6.07, 6.45) is 3.35. The Hall–Kier alpha value is -3.00. The number of para-hydroxylation sites is 1. The topological polar surface area (TPSA) is 82.5 Å². The summed E-state index contributed by atoms with van der Waals surface area (Å²) < 4.78 is 12.3. The van der Waals surface area contributed by atoms with Crippen molar-refractivity contribution in [1.29, 1.82) is 0 Å². The van der Waals surface area contributed by atoms with Gasteiger partial charge in [0.1, 0.15) is 0 Å². The summed E-state index contributed by atoms with van der Waals surface area (Å²) in [6, 6.07) is 12.7. The van der Waals surface area contributed by atoms with E-state index in [1.54, 1.807) is 38.5 Å². The van der Waals surface area contributed by atoms with Crippen LogP contribution in [0.4, 0.5) is 0 Å². The summed E-state index contributed by atoms with van der Waals surface area (Å²) in [5, 5.41) is 4.17. The van der Waals surface area contributed by atoms with Crippen LogP contribution in [-0.4, -0.2) is 41.5 Å². The Morgan fingerprint density at radius 1 is 1.12 bits per heavy atom. The number of carbonyl (C=O) groups excluding carboxylic acids is 1. The summed E-state index contributed by atoms with van der Waals surface area (Å²) in [4.78, 5) is 31.0. The molecule has 2 aromatic carbocycles. The molecule has 1 amide bonds. The zero-order valence-electron chi connectivity index (χ0n) is 20.0. The number of benzene rings is 2. The van der Waals surface area contributed by atoms with E-state index in [4.69, 9.17) is 14.5 Å². The number of fused-ring (bicyclic) bond motifs is 1. The van der Waals surface area contributed by atoms with Gasteiger partial charge < -0.3 is 14.8 Å². The molecule has 180 valence electrons. The fourth-order valence-corrected chi connectivity index (χ4v) is 5.39. The Bertz CT molecular complexity index is 1240. The molecule has 1 fully saturated rings. The molecule has 34 heavy (non-hydrogen) atoms. The molecule has 0 bridgehead atoms. The second kappa shape index (κ2) is 10.5. The van der Waals surface area contributed by atoms with E-state index in [-0.39, 0.29) is 23.3 Å². The number of nitrogens with zero attached hydrogens (tertiary/aromatic N) is 2. The van der Waals surface area contributed by atoms with Crippen molar-refractivity contribution in [3.63, 3.8) is 0 Å². The maximum Gasteiger partial charge on any atom is 0.266 e. The summed E-state index contributed by atoms with van der Waals surface area (Å²) in [7, 11) is 3.12. The monoisotopic (exact) mass is 481 g/mol. The number of nitrogens with one attached hydrogen (secondary N) is 1. The normalized spacial score (nSPS) is 20.2. The molecule has 3 unspecified atom stereocenters. The van der Waals surface area contributed by atoms with Gasteiger partial charge in [0.05, 0.1) is 36.6 Å². The molecule has 3 atom stereocenters. The van der Waals surface area contributed by atoms with Crippen LogP contribution < -0.4 is 20.3 Å². The van der Waals surface area contributed by atoms with Crippen LogP contribution in [-0.2, 0) is 4.79 Å². The summed E-state index contributed by atoms with van der Waals surface area (Å²) in [6.45, 7) is 4.46. The van der Waals surface area contributed by atoms with Gasteiger partial charge >= 0.3 is 0 Å². The molecule has 3 aromatic rings. The van der Waals surface area contributed by atoms with Gasteiger partial charge in [0.25, 0.3) is 5.56 Å². The highest BCUT2D eigenvalue weighted by Gasteiger charge is 2.28. The van der Waals surface area contributed by atoms with E-state index >= 15 is 0 Å². The summed E-state index contributed by atoms with van der Waals surface area (Å²) >= 11 is 1.26. The van der Waals surface area contributed by atoms with Gasteiger partial charge in [-0.25, -0.2) is 4.98 Å². The van der Waals surface area contributed by atoms with Gasteiger partial charge in [0.15, 0.2) is 16.7 Å². The van der Waals surface area contributed by atoms with Crippen LogP contribution in [0.2, 0.25) is 0 Å². The Kier molecular flexibility index (Phi) is 7.46. The van der Waals surface area contributed by atoms with Crippen molar-refractivity contribution in [3.8, 4) is 17.2 Å². The smallest absolute Gasteiger partial charge is 0.266 e. The molecule has 4 rings (SSSR count). The number of methoxy groups -OCH3 is 2. The van der Waals surface area contributed by atoms with Crippen molar-refractivity contribution in [2.75, 3.05) is 20.0 Å². The van der Waals surface area contributed by atoms with E-state index in [0.29, 0.717) is 45.1 Å². The average molecular weight is 482 g/mol. The fraction of sp³-hybridized carbons (Fsp3) is 0.423. The number of rotatable bonds is 7. The molecule has 7 nitrogen and oxygen atoms in total. The van der Waals surface area contributed by atoms with Crippen LogP contribution >= 0.6 is 11.8 Å². The lowest BCUT2D eigenvalue weighted by Crippen LogP contribution is -2.44. The van der Waals surface area contributed by atoms with E-state index < -0.39 is 0 Å². The quantitative estimate of drug-likeness (QED) is 0.397. The molecule has 1 aliphatic rings. The Balaban J connectivity index is 1.65. The molecular weight excluding hydrogens is 450 g/mol. The van der Waals surface area contributed by atoms with Crippen molar-refractivity contribution in [2.24, 2.45) is 11.8 Å². The fourth-order valence-electron chi connectivity index (χ4n) is 4.57. The number of hydrogen-bond acceptors (Lipinski definition) is 6. The van der Waals surface area contributed by atoms with Crippen molar-refractivity contribution in [1.82, 2.24) is 14.9 Å². The van der Waals surface area contributed by atoms with E-state index in [1.807, 2.05) is 18.2 Å². The third-order valence-corrected chi connectivity index (χ3v) is 7.69. The molecule has 8 heteroatoms. The molecule has 1 heterocycles. The predicted molar refractivity (Wildman–Crippen MR) is 135 cm³/mol. The second-order valence-electron chi connectivity index (χ2n) is 8.82. The lowest BCUT2D eigenvalue weighted by Gasteiger charge is -2.34. The number of ether oxygens (including phenoxy) is 2. The highest BCUT2D eigenvalue weighted by molar-refractivity contribution is 7.99. The van der Waals surface area contributed by atoms with Crippen LogP contribution in [0.15, 0.2) is 52.4 Å². The highest BCUT2D eigenvalue weighted by atomic mass is 32.2. The van der Waals surface area contributed by atoms with Gasteiger partial charge in [0, 0.05) is 12.1 Å². The first-order chi connectivity index (χ1) is 16.4. The molecule has 1 saturated carbocycles. The second-order valence-corrected chi connectivity index (χ2v) is 9.76. The summed E-state index contributed by atoms with van der Waals surface area (Å²) in [5.74, 6) is 2.26. The van der Waals surface area contributed by atoms with Gasteiger partial charge in [-0.15, -0.1) is 0 Å². The van der Waals surface area contributed by atoms with Crippen LogP contribution in [0.3, 0.4) is 0 Å². The van der Waals surface area contributed by atoms with Crippen molar-refractivity contribution in [2.45, 2.75) is 44.3 Å². The molecule has 0 aliphatic heterocycles. The molecule has 0 spiro atoms. The molecule has 1 aromatic heterocycles. The maximum atomic E-state index is 13.5. The van der Waals surface area contributed by atoms with Gasteiger partial charge in [-0.2, -0.15) is 0 Å². The first kappa shape index (κ1) is 24.1. The van der Waals surface area contributed by atoms with Crippen LogP contribution in [0.5, 0.6) is 11.5 Å². The molecule has 0 radical (unpaired) electrons. The Morgan fingerprint density at radius 3 is 2.65 bits per heavy atom. The Labute approximate surface area is 203 Å². The number of thioether (sulfide) groups is 1. The van der Waals surface area contributed by atoms with E-state index in [0.717, 1.165) is 12.8 Å². The van der Waals surface area contributed by atoms with Crippen LogP contribution in [0.1, 0.15) is 33.1 Å². The molecule has 1 N–H and O–H groups in total. The van der Waals surface area contributed by atoms with Crippen LogP contribution in [0.25, 0.3) is 16.6 Å². The SMILES string of the molecule is COc1ccc(-n2c(SCC(=O)NC3CCCC(C)C3C)nc3ccccc3c2=O)cc1OC. The van der Waals surface area contributed by atoms with Crippen LogP contribution in [0, 0.1) is 11.8 Å². The standard InChI is InChI=1S/C26H31N3O4S/c1-16-8-7-11-20(17(16)2)27-24(30)15-34-26-28-21-10-6-5-9-19(21)25(31)29(26)18-12-13-22(32-3)23(14-18)33-4/h5-6,9-10,12-14,16-17,20H,7-8,11,15H2,1-4H3,(H,27,30). The van der Waals surface area contributed by atoms with Crippen molar-refractivity contribution < 1.29 is 14.3 Å². The third-order valence-electron chi connectivity index (χ3n) is 6.76. The first-order valence-corrected chi connectivity index (χ1v) is 12.6. The minimum atomic E-state index is -0.199. The zero-order chi connectivity index (χ0) is 24.2. The molecule has 0 saturated heterocycles. The first-order valence-electron chi connectivity index (χ1n) is 11.6. The minimum absolute atomic E-state index is 0.0442. The molecule has 1 aliphatic carbocycles. The number of carbonyl (C=O) groups is 1. The maximum absolute atomic E-state index is 13.5. The van der Waals surface area contributed by atoms with E-state index in [2.05, 4.69) is 19.2 Å². The lowest BCUT2D eigenvalue weighted by molar-refractivity contribution is -0.120. The van der Waals surface area contributed by atoms with Gasteiger partial charge in [-0.1, -0.05) is 50.6 Å². The lowest BCUT2D eigenvalue weighted by atomic mass is 9.78. The van der Waals surface area contributed by atoms with Gasteiger partial charge in [-0.05, 0) is 42.5 Å². The predicted octanol–water partition coefficient (Wildman–Crippen LogP) is 4.44. The van der Waals surface area contributed by atoms with Crippen molar-refractivity contribution in [3.05, 3.63) is 52.8 Å². The van der Waals surface area contributed by atoms with E-state index in [9.17, 15) is 9.59 Å². The molecular formula is C26H31N3O4S. The number of amides is 1. The minimum Gasteiger partial charge on any atom is -0.493 e. The number of aromatic nitrogens is 2. The van der Waals surface area contributed by atoms with Crippen molar-refractivity contribution >= 4 is 28.6 Å².